The van der Waals surface area contributed by atoms with Gasteiger partial charge in [0.25, 0.3) is 5.91 Å². The molecule has 2 rings (SSSR count). The first-order valence-corrected chi connectivity index (χ1v) is 6.95. The van der Waals surface area contributed by atoms with Crippen LogP contribution in [-0.2, 0) is 4.74 Å². The third-order valence-electron chi connectivity index (χ3n) is 3.43. The highest BCUT2D eigenvalue weighted by Gasteiger charge is 2.36. The molecule has 0 aromatic carbocycles. The van der Waals surface area contributed by atoms with Crippen LogP contribution in [0.15, 0.2) is 12.1 Å². The molecule has 0 unspecified atom stereocenters. The summed E-state index contributed by atoms with van der Waals surface area (Å²) in [4.78, 5) is 18.4. The van der Waals surface area contributed by atoms with Gasteiger partial charge in [0.2, 0.25) is 0 Å². The van der Waals surface area contributed by atoms with Gasteiger partial charge in [0.15, 0.2) is 0 Å². The molecule has 1 aromatic rings. The molecule has 1 fully saturated rings. The topological polar surface area (TPSA) is 62.7 Å². The van der Waals surface area contributed by atoms with Crippen LogP contribution in [0, 0.1) is 13.8 Å². The van der Waals surface area contributed by atoms with Crippen LogP contribution < -0.4 is 0 Å². The molecule has 5 heteroatoms. The fourth-order valence-electron chi connectivity index (χ4n) is 2.49. The Balaban J connectivity index is 2.11. The van der Waals surface area contributed by atoms with Crippen molar-refractivity contribution in [1.82, 2.24) is 9.88 Å². The van der Waals surface area contributed by atoms with Gasteiger partial charge in [0.05, 0.1) is 23.5 Å². The molecule has 0 bridgehead atoms. The first-order chi connectivity index (χ1) is 9.38. The van der Waals surface area contributed by atoms with E-state index in [4.69, 9.17) is 4.74 Å². The summed E-state index contributed by atoms with van der Waals surface area (Å²) in [5.74, 6) is -0.0936. The number of aliphatic hydroxyl groups is 1. The van der Waals surface area contributed by atoms with E-state index >= 15 is 0 Å². The van der Waals surface area contributed by atoms with Crippen molar-refractivity contribution in [2.75, 3.05) is 13.1 Å². The molecular formula is C15H22N2O3. The van der Waals surface area contributed by atoms with Gasteiger partial charge < -0.3 is 14.7 Å². The predicted molar refractivity (Wildman–Crippen MR) is 75.6 cm³/mol. The number of hydrogen-bond donors (Lipinski definition) is 1. The maximum Gasteiger partial charge on any atom is 0.255 e. The summed E-state index contributed by atoms with van der Waals surface area (Å²) < 4.78 is 5.63. The Kier molecular flexibility index (Phi) is 4.40. The number of likely N-dealkylation sites (tertiary alicyclic amines) is 1. The number of aliphatic hydroxyl groups excluding tert-OH is 1. The highest BCUT2D eigenvalue weighted by Crippen LogP contribution is 2.19. The Morgan fingerprint density at radius 1 is 1.40 bits per heavy atom. The van der Waals surface area contributed by atoms with E-state index in [1.165, 1.54) is 0 Å². The predicted octanol–water partition coefficient (Wildman–Crippen LogP) is 1.31. The summed E-state index contributed by atoms with van der Waals surface area (Å²) in [7, 11) is 0. The second-order valence-electron chi connectivity index (χ2n) is 5.59. The second-order valence-corrected chi connectivity index (χ2v) is 5.59. The van der Waals surface area contributed by atoms with Crippen molar-refractivity contribution in [3.63, 3.8) is 0 Å². The standard InChI is InChI=1S/C15H22N2O3/c1-9(2)20-14-8-17(7-13(14)18)15(19)12-6-5-10(3)16-11(12)4/h5-6,9,13-14,18H,7-8H2,1-4H3/t13-,14-/m0/s1. The lowest BCUT2D eigenvalue weighted by Gasteiger charge is -2.18. The molecule has 2 atom stereocenters. The van der Waals surface area contributed by atoms with E-state index in [2.05, 4.69) is 4.98 Å². The number of nitrogens with zero attached hydrogens (tertiary/aromatic N) is 2. The number of β-amino-alcohol motifs (C(OH)–C–C–N with tert-alkyl or cyclic N) is 1. The number of ether oxygens (including phenoxy) is 1. The Labute approximate surface area is 119 Å². The number of carbonyl (C=O) groups excluding carboxylic acids is 1. The van der Waals surface area contributed by atoms with Crippen LogP contribution in [0.3, 0.4) is 0 Å². The number of aromatic nitrogens is 1. The SMILES string of the molecule is Cc1ccc(C(=O)N2C[C@H](OC(C)C)[C@@H](O)C2)c(C)n1. The van der Waals surface area contributed by atoms with Crippen LogP contribution in [0.1, 0.15) is 35.6 Å². The summed E-state index contributed by atoms with van der Waals surface area (Å²) in [6.45, 7) is 8.30. The first-order valence-electron chi connectivity index (χ1n) is 6.95. The van der Waals surface area contributed by atoms with E-state index in [0.29, 0.717) is 18.7 Å². The molecule has 1 aliphatic heterocycles. The van der Waals surface area contributed by atoms with Crippen molar-refractivity contribution in [1.29, 1.82) is 0 Å². The molecule has 1 aromatic heterocycles. The lowest BCUT2D eigenvalue weighted by Crippen LogP contribution is -2.31. The van der Waals surface area contributed by atoms with Gasteiger partial charge in [-0.05, 0) is 39.8 Å². The lowest BCUT2D eigenvalue weighted by molar-refractivity contribution is -0.0394. The van der Waals surface area contributed by atoms with E-state index in [-0.39, 0.29) is 18.1 Å². The maximum absolute atomic E-state index is 12.5. The van der Waals surface area contributed by atoms with Gasteiger partial charge >= 0.3 is 0 Å². The van der Waals surface area contributed by atoms with Gasteiger partial charge in [-0.1, -0.05) is 0 Å². The van der Waals surface area contributed by atoms with Gasteiger partial charge in [-0.3, -0.25) is 9.78 Å². The highest BCUT2D eigenvalue weighted by atomic mass is 16.5. The zero-order valence-corrected chi connectivity index (χ0v) is 12.5. The summed E-state index contributed by atoms with van der Waals surface area (Å²) in [5, 5.41) is 9.98. The van der Waals surface area contributed by atoms with Gasteiger partial charge in [-0.15, -0.1) is 0 Å². The molecule has 0 radical (unpaired) electrons. The summed E-state index contributed by atoms with van der Waals surface area (Å²) >= 11 is 0. The molecule has 20 heavy (non-hydrogen) atoms. The fourth-order valence-corrected chi connectivity index (χ4v) is 2.49. The summed E-state index contributed by atoms with van der Waals surface area (Å²) in [6.07, 6.45) is -0.898. The number of hydrogen-bond acceptors (Lipinski definition) is 4. The molecular weight excluding hydrogens is 256 g/mol. The maximum atomic E-state index is 12.5. The molecule has 1 aliphatic rings. The first kappa shape index (κ1) is 14.9. The van der Waals surface area contributed by atoms with Crippen molar-refractivity contribution < 1.29 is 14.6 Å². The largest absolute Gasteiger partial charge is 0.388 e. The van der Waals surface area contributed by atoms with Gasteiger partial charge in [0.1, 0.15) is 6.10 Å². The van der Waals surface area contributed by atoms with E-state index < -0.39 is 6.10 Å². The molecule has 0 aliphatic carbocycles. The Bertz CT molecular complexity index is 502. The molecule has 5 nitrogen and oxygen atoms in total. The molecule has 1 amide bonds. The third-order valence-corrected chi connectivity index (χ3v) is 3.43. The van der Waals surface area contributed by atoms with Crippen LogP contribution in [-0.4, -0.2) is 52.3 Å². The van der Waals surface area contributed by atoms with Crippen LogP contribution in [0.5, 0.6) is 0 Å². The number of rotatable bonds is 3. The molecule has 110 valence electrons. The Morgan fingerprint density at radius 2 is 2.10 bits per heavy atom. The monoisotopic (exact) mass is 278 g/mol. The Morgan fingerprint density at radius 3 is 2.70 bits per heavy atom. The molecule has 0 spiro atoms. The number of pyridine rings is 1. The highest BCUT2D eigenvalue weighted by molar-refractivity contribution is 5.95. The van der Waals surface area contributed by atoms with Gasteiger partial charge in [0, 0.05) is 18.8 Å². The van der Waals surface area contributed by atoms with Crippen LogP contribution >= 0.6 is 0 Å². The summed E-state index contributed by atoms with van der Waals surface area (Å²) in [5.41, 5.74) is 2.20. The molecule has 0 saturated carbocycles. The van der Waals surface area contributed by atoms with E-state index in [0.717, 1.165) is 11.4 Å². The van der Waals surface area contributed by atoms with Crippen molar-refractivity contribution in [2.45, 2.75) is 46.0 Å². The van der Waals surface area contributed by atoms with Crippen molar-refractivity contribution in [3.05, 3.63) is 29.1 Å². The fraction of sp³-hybridized carbons (Fsp3) is 0.600. The molecule has 2 heterocycles. The van der Waals surface area contributed by atoms with Crippen molar-refractivity contribution in [2.24, 2.45) is 0 Å². The van der Waals surface area contributed by atoms with E-state index in [1.807, 2.05) is 33.8 Å². The molecule has 1 saturated heterocycles. The van der Waals surface area contributed by atoms with Gasteiger partial charge in [-0.25, -0.2) is 0 Å². The average molecular weight is 278 g/mol. The number of amides is 1. The zero-order valence-electron chi connectivity index (χ0n) is 12.5. The summed E-state index contributed by atoms with van der Waals surface area (Å²) in [6, 6.07) is 3.62. The van der Waals surface area contributed by atoms with Gasteiger partial charge in [-0.2, -0.15) is 0 Å². The smallest absolute Gasteiger partial charge is 0.255 e. The van der Waals surface area contributed by atoms with Crippen LogP contribution in [0.2, 0.25) is 0 Å². The molecule has 1 N–H and O–H groups in total. The zero-order chi connectivity index (χ0) is 14.9. The van der Waals surface area contributed by atoms with Crippen molar-refractivity contribution in [3.8, 4) is 0 Å². The second kappa shape index (κ2) is 5.89. The lowest BCUT2D eigenvalue weighted by atomic mass is 10.1. The van der Waals surface area contributed by atoms with Crippen molar-refractivity contribution >= 4 is 5.91 Å². The third kappa shape index (κ3) is 3.16. The quantitative estimate of drug-likeness (QED) is 0.905. The van der Waals surface area contributed by atoms with Crippen LogP contribution in [0.25, 0.3) is 0 Å². The average Bonchev–Trinajstić information content (AvgIpc) is 2.69. The van der Waals surface area contributed by atoms with E-state index in [1.54, 1.807) is 11.0 Å². The number of aryl methyl sites for hydroxylation is 2. The number of carbonyl (C=O) groups is 1. The van der Waals surface area contributed by atoms with E-state index in [9.17, 15) is 9.90 Å². The minimum atomic E-state index is -0.625. The minimum Gasteiger partial charge on any atom is -0.388 e. The van der Waals surface area contributed by atoms with Crippen LogP contribution in [0.4, 0.5) is 0 Å². The minimum absolute atomic E-state index is 0.0347. The normalized spacial score (nSPS) is 22.6. The Hall–Kier alpha value is -1.46.